The van der Waals surface area contributed by atoms with E-state index in [0.29, 0.717) is 17.1 Å². The molecule has 1 unspecified atom stereocenters. The smallest absolute Gasteiger partial charge is 0.340 e. The van der Waals surface area contributed by atoms with Gasteiger partial charge >= 0.3 is 6.18 Å². The van der Waals surface area contributed by atoms with E-state index >= 15 is 0 Å². The second-order valence-electron chi connectivity index (χ2n) is 7.02. The molecule has 2 N–H and O–H groups in total. The standard InChI is InChI=1S/C21H17ClF3N3OS/c22-20-27-18(13-4-7-14(8-5-13)21(23,24)25)11-19(28-20)26-17-3-1-2-12-6-9-15(30-29)10-16(12)17/h1-5,7-8,11,15,29H,6,9-10H2,(H,26,27,28). The van der Waals surface area contributed by atoms with Crippen molar-refractivity contribution in [2.75, 3.05) is 5.32 Å². The molecule has 9 heteroatoms. The first-order chi connectivity index (χ1) is 14.3. The van der Waals surface area contributed by atoms with Crippen molar-refractivity contribution in [1.29, 1.82) is 0 Å². The first-order valence-corrected chi connectivity index (χ1v) is 10.4. The Morgan fingerprint density at radius 3 is 2.57 bits per heavy atom. The van der Waals surface area contributed by atoms with Gasteiger partial charge in [-0.15, -0.1) is 0 Å². The van der Waals surface area contributed by atoms with Crippen molar-refractivity contribution < 1.29 is 17.7 Å². The normalized spacial score (nSPS) is 16.2. The highest BCUT2D eigenvalue weighted by atomic mass is 35.5. The number of rotatable bonds is 4. The fourth-order valence-electron chi connectivity index (χ4n) is 3.56. The van der Waals surface area contributed by atoms with Crippen LogP contribution in [0.25, 0.3) is 11.3 Å². The number of nitrogens with one attached hydrogen (secondary N) is 1. The molecule has 0 aliphatic heterocycles. The molecule has 156 valence electrons. The van der Waals surface area contributed by atoms with Gasteiger partial charge < -0.3 is 9.87 Å². The van der Waals surface area contributed by atoms with E-state index in [1.165, 1.54) is 17.7 Å². The van der Waals surface area contributed by atoms with Gasteiger partial charge in [-0.05, 0) is 72.2 Å². The first-order valence-electron chi connectivity index (χ1n) is 9.23. The Morgan fingerprint density at radius 2 is 1.87 bits per heavy atom. The monoisotopic (exact) mass is 451 g/mol. The van der Waals surface area contributed by atoms with Crippen LogP contribution in [-0.2, 0) is 19.0 Å². The minimum atomic E-state index is -4.40. The highest BCUT2D eigenvalue weighted by Crippen LogP contribution is 2.34. The van der Waals surface area contributed by atoms with Crippen LogP contribution in [0.15, 0.2) is 48.5 Å². The molecular weight excluding hydrogens is 435 g/mol. The van der Waals surface area contributed by atoms with E-state index in [4.69, 9.17) is 11.6 Å². The highest BCUT2D eigenvalue weighted by molar-refractivity contribution is 7.94. The second-order valence-corrected chi connectivity index (χ2v) is 8.24. The number of fused-ring (bicyclic) bond motifs is 1. The quantitative estimate of drug-likeness (QED) is 0.344. The number of nitrogens with zero attached hydrogens (tertiary/aromatic N) is 2. The Bertz CT molecular complexity index is 1060. The molecule has 4 nitrogen and oxygen atoms in total. The van der Waals surface area contributed by atoms with Gasteiger partial charge in [0.05, 0.1) is 11.3 Å². The molecule has 0 fully saturated rings. The number of anilines is 2. The summed E-state index contributed by atoms with van der Waals surface area (Å²) in [6.07, 6.45) is -1.88. The van der Waals surface area contributed by atoms with Crippen molar-refractivity contribution in [3.8, 4) is 11.3 Å². The number of aromatic nitrogens is 2. The van der Waals surface area contributed by atoms with Gasteiger partial charge in [0.15, 0.2) is 0 Å². The molecule has 1 aromatic heterocycles. The van der Waals surface area contributed by atoms with Gasteiger partial charge in [-0.1, -0.05) is 24.3 Å². The van der Waals surface area contributed by atoms with Crippen molar-refractivity contribution in [3.63, 3.8) is 0 Å². The zero-order valence-electron chi connectivity index (χ0n) is 15.6. The number of hydrogen-bond donors (Lipinski definition) is 2. The third kappa shape index (κ3) is 4.55. The lowest BCUT2D eigenvalue weighted by atomic mass is 9.90. The van der Waals surface area contributed by atoms with Gasteiger partial charge in [-0.2, -0.15) is 13.2 Å². The molecule has 1 heterocycles. The van der Waals surface area contributed by atoms with Crippen LogP contribution in [0.5, 0.6) is 0 Å². The average Bonchev–Trinajstić information content (AvgIpc) is 2.73. The van der Waals surface area contributed by atoms with Crippen LogP contribution in [0.3, 0.4) is 0 Å². The molecule has 0 radical (unpaired) electrons. The van der Waals surface area contributed by atoms with Gasteiger partial charge in [0.2, 0.25) is 5.28 Å². The lowest BCUT2D eigenvalue weighted by molar-refractivity contribution is -0.137. The van der Waals surface area contributed by atoms with Crippen LogP contribution in [0.2, 0.25) is 5.28 Å². The predicted molar refractivity (Wildman–Crippen MR) is 113 cm³/mol. The average molecular weight is 452 g/mol. The van der Waals surface area contributed by atoms with Crippen LogP contribution in [0.1, 0.15) is 23.1 Å². The van der Waals surface area contributed by atoms with Crippen molar-refractivity contribution in [2.24, 2.45) is 0 Å². The van der Waals surface area contributed by atoms with Crippen LogP contribution in [0, 0.1) is 0 Å². The Balaban J connectivity index is 1.64. The molecule has 1 aliphatic rings. The maximum atomic E-state index is 12.8. The molecule has 0 bridgehead atoms. The molecule has 3 aromatic rings. The molecule has 4 rings (SSSR count). The van der Waals surface area contributed by atoms with Crippen LogP contribution in [0.4, 0.5) is 24.7 Å². The van der Waals surface area contributed by atoms with E-state index in [0.717, 1.165) is 54.7 Å². The number of alkyl halides is 3. The van der Waals surface area contributed by atoms with Gasteiger partial charge in [0, 0.05) is 22.6 Å². The van der Waals surface area contributed by atoms with E-state index in [2.05, 4.69) is 21.4 Å². The van der Waals surface area contributed by atoms with E-state index < -0.39 is 11.7 Å². The van der Waals surface area contributed by atoms with E-state index in [1.807, 2.05) is 12.1 Å². The van der Waals surface area contributed by atoms with Crippen LogP contribution >= 0.6 is 23.6 Å². The third-order valence-electron chi connectivity index (χ3n) is 5.06. The topological polar surface area (TPSA) is 58.0 Å². The Labute approximate surface area is 180 Å². The van der Waals surface area contributed by atoms with Gasteiger partial charge in [-0.25, -0.2) is 9.97 Å². The molecule has 2 aromatic carbocycles. The summed E-state index contributed by atoms with van der Waals surface area (Å²) in [4.78, 5) is 8.36. The molecule has 30 heavy (non-hydrogen) atoms. The largest absolute Gasteiger partial charge is 0.416 e. The van der Waals surface area contributed by atoms with Gasteiger partial charge in [0.1, 0.15) is 5.82 Å². The van der Waals surface area contributed by atoms with Crippen LogP contribution in [-0.4, -0.2) is 19.8 Å². The van der Waals surface area contributed by atoms with Crippen molar-refractivity contribution in [1.82, 2.24) is 9.97 Å². The minimum Gasteiger partial charge on any atom is -0.340 e. The summed E-state index contributed by atoms with van der Waals surface area (Å²) >= 11 is 6.96. The van der Waals surface area contributed by atoms with Crippen molar-refractivity contribution in [3.05, 3.63) is 70.5 Å². The number of benzene rings is 2. The van der Waals surface area contributed by atoms with E-state index in [9.17, 15) is 17.7 Å². The lowest BCUT2D eigenvalue weighted by Crippen LogP contribution is -2.17. The SMILES string of the molecule is OSC1CCc2cccc(Nc3cc(-c4ccc(C(F)(F)F)cc4)nc(Cl)n3)c2C1. The maximum Gasteiger partial charge on any atom is 0.416 e. The molecule has 0 saturated carbocycles. The van der Waals surface area contributed by atoms with Gasteiger partial charge in [0.25, 0.3) is 0 Å². The van der Waals surface area contributed by atoms with Gasteiger partial charge in [-0.3, -0.25) is 0 Å². The summed E-state index contributed by atoms with van der Waals surface area (Å²) in [6, 6.07) is 12.3. The maximum absolute atomic E-state index is 12.8. The van der Waals surface area contributed by atoms with Crippen LogP contribution < -0.4 is 5.32 Å². The summed E-state index contributed by atoms with van der Waals surface area (Å²) in [5.41, 5.74) is 3.38. The fourth-order valence-corrected chi connectivity index (χ4v) is 4.21. The number of aryl methyl sites for hydroxylation is 1. The molecule has 0 spiro atoms. The summed E-state index contributed by atoms with van der Waals surface area (Å²) in [7, 11) is 0. The summed E-state index contributed by atoms with van der Waals surface area (Å²) in [6.45, 7) is 0. The molecule has 0 amide bonds. The molecule has 1 atom stereocenters. The predicted octanol–water partition coefficient (Wildman–Crippen LogP) is 6.62. The minimum absolute atomic E-state index is 0.0107. The second kappa shape index (κ2) is 8.45. The Hall–Kier alpha value is -2.29. The Kier molecular flexibility index (Phi) is 5.90. The summed E-state index contributed by atoms with van der Waals surface area (Å²) in [5.74, 6) is 0.442. The summed E-state index contributed by atoms with van der Waals surface area (Å²) in [5, 5.41) is 3.38. The van der Waals surface area contributed by atoms with Crippen molar-refractivity contribution in [2.45, 2.75) is 30.7 Å². The fraction of sp³-hybridized carbons (Fsp3) is 0.238. The Morgan fingerprint density at radius 1 is 1.10 bits per heavy atom. The van der Waals surface area contributed by atoms with E-state index in [-0.39, 0.29) is 10.5 Å². The first kappa shape index (κ1) is 21.0. The molecular formula is C21H17ClF3N3OS. The highest BCUT2D eigenvalue weighted by Gasteiger charge is 2.30. The van der Waals surface area contributed by atoms with E-state index in [1.54, 1.807) is 6.07 Å². The number of halogens is 4. The van der Waals surface area contributed by atoms with Crippen molar-refractivity contribution >= 4 is 35.1 Å². The summed E-state index contributed by atoms with van der Waals surface area (Å²) < 4.78 is 47.9. The lowest BCUT2D eigenvalue weighted by Gasteiger charge is -2.24. The molecule has 1 aliphatic carbocycles. The zero-order chi connectivity index (χ0) is 21.3. The third-order valence-corrected chi connectivity index (χ3v) is 5.93. The number of hydrogen-bond acceptors (Lipinski definition) is 5. The zero-order valence-corrected chi connectivity index (χ0v) is 17.2. The molecule has 0 saturated heterocycles.